The van der Waals surface area contributed by atoms with Crippen molar-refractivity contribution in [3.63, 3.8) is 0 Å². The van der Waals surface area contributed by atoms with Crippen LogP contribution >= 0.6 is 11.3 Å². The minimum Gasteiger partial charge on any atom is -0.454 e. The summed E-state index contributed by atoms with van der Waals surface area (Å²) in [7, 11) is 0. The van der Waals surface area contributed by atoms with Crippen LogP contribution in [0.5, 0.6) is 11.5 Å². The van der Waals surface area contributed by atoms with Gasteiger partial charge in [0, 0.05) is 19.2 Å². The standard InChI is InChI=1S/C15H14N4O4S/c20-13-9-4-11-12(23-7-22-11)5-10(9)17-15-19(13)18-14(24-15)16-6-8-2-1-3-21-8/h4-5,8H,1-3,6-7H2,(H,16,18). The normalized spacial score (nSPS) is 19.4. The number of ether oxygens (including phenoxy) is 3. The van der Waals surface area contributed by atoms with Crippen LogP contribution in [0.1, 0.15) is 12.8 Å². The molecule has 0 bridgehead atoms. The van der Waals surface area contributed by atoms with Crippen LogP contribution in [-0.2, 0) is 4.74 Å². The van der Waals surface area contributed by atoms with Gasteiger partial charge < -0.3 is 19.5 Å². The summed E-state index contributed by atoms with van der Waals surface area (Å²) >= 11 is 1.34. The monoisotopic (exact) mass is 346 g/mol. The number of anilines is 1. The van der Waals surface area contributed by atoms with E-state index >= 15 is 0 Å². The average molecular weight is 346 g/mol. The second-order valence-electron chi connectivity index (χ2n) is 5.76. The molecule has 24 heavy (non-hydrogen) atoms. The van der Waals surface area contributed by atoms with Crippen LogP contribution in [0, 0.1) is 0 Å². The zero-order chi connectivity index (χ0) is 16.1. The highest BCUT2D eigenvalue weighted by molar-refractivity contribution is 7.20. The van der Waals surface area contributed by atoms with Gasteiger partial charge in [-0.3, -0.25) is 4.79 Å². The van der Waals surface area contributed by atoms with Crippen molar-refractivity contribution >= 4 is 32.3 Å². The molecule has 0 radical (unpaired) electrons. The number of nitrogens with one attached hydrogen (secondary N) is 1. The molecular formula is C15H14N4O4S. The molecular weight excluding hydrogens is 332 g/mol. The van der Waals surface area contributed by atoms with Crippen LogP contribution in [0.3, 0.4) is 0 Å². The van der Waals surface area contributed by atoms with Crippen molar-refractivity contribution in [1.29, 1.82) is 0 Å². The maximum Gasteiger partial charge on any atom is 0.283 e. The third-order valence-electron chi connectivity index (χ3n) is 4.19. The molecule has 1 atom stereocenters. The topological polar surface area (TPSA) is 87.0 Å². The maximum absolute atomic E-state index is 12.7. The number of rotatable bonds is 3. The molecule has 0 aliphatic carbocycles. The molecule has 1 aromatic carbocycles. The molecule has 8 nitrogen and oxygen atoms in total. The second kappa shape index (κ2) is 5.32. The highest BCUT2D eigenvalue weighted by Gasteiger charge is 2.19. The summed E-state index contributed by atoms with van der Waals surface area (Å²) in [6.45, 7) is 1.66. The fraction of sp³-hybridized carbons (Fsp3) is 0.400. The predicted octanol–water partition coefficient (Wildman–Crippen LogP) is 1.62. The van der Waals surface area contributed by atoms with E-state index < -0.39 is 0 Å². The molecule has 3 aromatic rings. The van der Waals surface area contributed by atoms with Crippen LogP contribution in [0.25, 0.3) is 15.9 Å². The SMILES string of the molecule is O=c1c2cc3c(cc2nc2sc(NCC4CCCO4)nn12)OCO3. The van der Waals surface area contributed by atoms with Gasteiger partial charge in [-0.05, 0) is 18.9 Å². The lowest BCUT2D eigenvalue weighted by Gasteiger charge is -2.08. The maximum atomic E-state index is 12.7. The Labute approximate surface area is 140 Å². The van der Waals surface area contributed by atoms with Crippen molar-refractivity contribution in [3.8, 4) is 11.5 Å². The summed E-state index contributed by atoms with van der Waals surface area (Å²) in [6.07, 6.45) is 2.34. The van der Waals surface area contributed by atoms with Gasteiger partial charge in [0.1, 0.15) is 0 Å². The van der Waals surface area contributed by atoms with Gasteiger partial charge in [-0.1, -0.05) is 11.3 Å². The second-order valence-corrected chi connectivity index (χ2v) is 6.71. The summed E-state index contributed by atoms with van der Waals surface area (Å²) in [5, 5.41) is 8.70. The summed E-state index contributed by atoms with van der Waals surface area (Å²) in [6, 6.07) is 3.40. The number of benzene rings is 1. The Kier molecular flexibility index (Phi) is 3.10. The van der Waals surface area contributed by atoms with Crippen molar-refractivity contribution in [1.82, 2.24) is 14.6 Å². The quantitative estimate of drug-likeness (QED) is 0.771. The molecule has 2 aliphatic heterocycles. The molecule has 1 saturated heterocycles. The number of hydrogen-bond donors (Lipinski definition) is 1. The molecule has 124 valence electrons. The highest BCUT2D eigenvalue weighted by Crippen LogP contribution is 2.34. The first-order valence-corrected chi connectivity index (χ1v) is 8.58. The van der Waals surface area contributed by atoms with Crippen molar-refractivity contribution in [2.75, 3.05) is 25.3 Å². The molecule has 0 spiro atoms. The molecule has 2 aromatic heterocycles. The average Bonchev–Trinajstić information content (AvgIpc) is 3.31. The largest absolute Gasteiger partial charge is 0.454 e. The van der Waals surface area contributed by atoms with Crippen LogP contribution in [-0.4, -0.2) is 40.6 Å². The predicted molar refractivity (Wildman–Crippen MR) is 88.2 cm³/mol. The Morgan fingerprint density at radius 3 is 3.04 bits per heavy atom. The smallest absolute Gasteiger partial charge is 0.283 e. The summed E-state index contributed by atoms with van der Waals surface area (Å²) in [5.74, 6) is 1.17. The molecule has 1 fully saturated rings. The molecule has 1 N–H and O–H groups in total. The van der Waals surface area contributed by atoms with E-state index in [-0.39, 0.29) is 18.5 Å². The molecule has 2 aliphatic rings. The Balaban J connectivity index is 1.55. The van der Waals surface area contributed by atoms with Crippen LogP contribution in [0.4, 0.5) is 5.13 Å². The first-order valence-electron chi connectivity index (χ1n) is 7.77. The van der Waals surface area contributed by atoms with Crippen LogP contribution in [0.2, 0.25) is 0 Å². The Bertz CT molecular complexity index is 992. The van der Waals surface area contributed by atoms with E-state index in [0.717, 1.165) is 19.4 Å². The van der Waals surface area contributed by atoms with Gasteiger partial charge in [0.25, 0.3) is 5.56 Å². The minimum atomic E-state index is -0.213. The summed E-state index contributed by atoms with van der Waals surface area (Å²) in [4.78, 5) is 17.8. The Morgan fingerprint density at radius 1 is 1.33 bits per heavy atom. The first kappa shape index (κ1) is 14.0. The zero-order valence-electron chi connectivity index (χ0n) is 12.7. The van der Waals surface area contributed by atoms with Gasteiger partial charge in [-0.25, -0.2) is 4.98 Å². The van der Waals surface area contributed by atoms with Crippen molar-refractivity contribution in [2.24, 2.45) is 0 Å². The van der Waals surface area contributed by atoms with E-state index in [0.29, 0.717) is 39.0 Å². The molecule has 0 saturated carbocycles. The third-order valence-corrected chi connectivity index (χ3v) is 5.06. The summed E-state index contributed by atoms with van der Waals surface area (Å²) < 4.78 is 17.6. The molecule has 5 rings (SSSR count). The molecule has 4 heterocycles. The van der Waals surface area contributed by atoms with E-state index in [1.807, 2.05) is 0 Å². The fourth-order valence-electron chi connectivity index (χ4n) is 2.98. The van der Waals surface area contributed by atoms with Gasteiger partial charge in [0.05, 0.1) is 17.0 Å². The zero-order valence-corrected chi connectivity index (χ0v) is 13.5. The lowest BCUT2D eigenvalue weighted by Crippen LogP contribution is -2.19. The van der Waals surface area contributed by atoms with Gasteiger partial charge in [-0.2, -0.15) is 4.52 Å². The Hall–Kier alpha value is -2.39. The van der Waals surface area contributed by atoms with Gasteiger partial charge in [0.15, 0.2) is 11.5 Å². The van der Waals surface area contributed by atoms with Gasteiger partial charge in [-0.15, -0.1) is 5.10 Å². The van der Waals surface area contributed by atoms with E-state index in [4.69, 9.17) is 14.2 Å². The third kappa shape index (κ3) is 2.20. The number of nitrogens with zero attached hydrogens (tertiary/aromatic N) is 3. The molecule has 1 unspecified atom stereocenters. The first-order chi connectivity index (χ1) is 11.8. The summed E-state index contributed by atoms with van der Waals surface area (Å²) in [5.41, 5.74) is 0.369. The number of fused-ring (bicyclic) bond motifs is 3. The molecule has 0 amide bonds. The number of hydrogen-bond acceptors (Lipinski definition) is 8. The lowest BCUT2D eigenvalue weighted by atomic mass is 10.2. The Morgan fingerprint density at radius 2 is 2.21 bits per heavy atom. The van der Waals surface area contributed by atoms with Crippen LogP contribution < -0.4 is 20.3 Å². The van der Waals surface area contributed by atoms with E-state index in [1.165, 1.54) is 15.9 Å². The van der Waals surface area contributed by atoms with E-state index in [9.17, 15) is 4.79 Å². The minimum absolute atomic E-state index is 0.164. The van der Waals surface area contributed by atoms with Gasteiger partial charge >= 0.3 is 0 Å². The van der Waals surface area contributed by atoms with Crippen molar-refractivity contribution in [3.05, 3.63) is 22.5 Å². The highest BCUT2D eigenvalue weighted by atomic mass is 32.1. The van der Waals surface area contributed by atoms with E-state index in [1.54, 1.807) is 12.1 Å². The molecule has 9 heteroatoms. The van der Waals surface area contributed by atoms with Crippen molar-refractivity contribution < 1.29 is 14.2 Å². The van der Waals surface area contributed by atoms with Crippen LogP contribution in [0.15, 0.2) is 16.9 Å². The van der Waals surface area contributed by atoms with Gasteiger partial charge in [0.2, 0.25) is 16.9 Å². The fourth-order valence-corrected chi connectivity index (χ4v) is 3.78. The van der Waals surface area contributed by atoms with Crippen molar-refractivity contribution in [2.45, 2.75) is 18.9 Å². The van der Waals surface area contributed by atoms with E-state index in [2.05, 4.69) is 15.4 Å². The number of aromatic nitrogens is 3. The lowest BCUT2D eigenvalue weighted by molar-refractivity contribution is 0.120.